The molecule has 2 aromatic carbocycles. The first-order chi connectivity index (χ1) is 8.92. The molecule has 2 nitrogen and oxygen atoms in total. The molecule has 0 aliphatic carbocycles. The average Bonchev–Trinajstić information content (AvgIpc) is 2.46. The van der Waals surface area contributed by atoms with Crippen molar-refractivity contribution < 1.29 is 0 Å². The third-order valence-corrected chi connectivity index (χ3v) is 3.74. The highest BCUT2D eigenvalue weighted by molar-refractivity contribution is 5.85. The standard InChI is InChI=1S/C16H20N2/c1-2-6-15-10-16(8-7-14(15)5-1)18-12-13-4-3-9-17-11-13/h1-2,5-8,10,13,17-18H,3-4,9,11-12H2. The molecule has 1 unspecified atom stereocenters. The molecule has 0 spiro atoms. The summed E-state index contributed by atoms with van der Waals surface area (Å²) in [7, 11) is 0. The Morgan fingerprint density at radius 3 is 2.83 bits per heavy atom. The summed E-state index contributed by atoms with van der Waals surface area (Å²) in [5, 5.41) is 9.64. The minimum absolute atomic E-state index is 0.769. The Hall–Kier alpha value is -1.54. The van der Waals surface area contributed by atoms with Crippen LogP contribution >= 0.6 is 0 Å². The lowest BCUT2D eigenvalue weighted by molar-refractivity contribution is 0.393. The molecule has 0 aromatic heterocycles. The highest BCUT2D eigenvalue weighted by atomic mass is 14.9. The number of nitrogens with one attached hydrogen (secondary N) is 2. The Balaban J connectivity index is 1.66. The van der Waals surface area contributed by atoms with Crippen molar-refractivity contribution in [3.63, 3.8) is 0 Å². The van der Waals surface area contributed by atoms with Crippen molar-refractivity contribution in [3.8, 4) is 0 Å². The second-order valence-corrected chi connectivity index (χ2v) is 5.16. The summed E-state index contributed by atoms with van der Waals surface area (Å²) in [6.45, 7) is 3.42. The van der Waals surface area contributed by atoms with Gasteiger partial charge in [0.05, 0.1) is 0 Å². The zero-order valence-corrected chi connectivity index (χ0v) is 10.7. The molecule has 0 amide bonds. The maximum absolute atomic E-state index is 3.57. The number of rotatable bonds is 3. The van der Waals surface area contributed by atoms with Crippen molar-refractivity contribution in [3.05, 3.63) is 42.5 Å². The van der Waals surface area contributed by atoms with Crippen LogP contribution in [-0.4, -0.2) is 19.6 Å². The van der Waals surface area contributed by atoms with Crippen molar-refractivity contribution in [1.82, 2.24) is 5.32 Å². The van der Waals surface area contributed by atoms with Crippen LogP contribution in [0, 0.1) is 5.92 Å². The van der Waals surface area contributed by atoms with E-state index in [-0.39, 0.29) is 0 Å². The van der Waals surface area contributed by atoms with Crippen LogP contribution in [0.15, 0.2) is 42.5 Å². The van der Waals surface area contributed by atoms with Crippen molar-refractivity contribution >= 4 is 16.5 Å². The van der Waals surface area contributed by atoms with Crippen LogP contribution in [0.1, 0.15) is 12.8 Å². The monoisotopic (exact) mass is 240 g/mol. The number of benzene rings is 2. The summed E-state index contributed by atoms with van der Waals surface area (Å²) >= 11 is 0. The maximum atomic E-state index is 3.57. The van der Waals surface area contributed by atoms with Gasteiger partial charge >= 0.3 is 0 Å². The lowest BCUT2D eigenvalue weighted by atomic mass is 9.99. The highest BCUT2D eigenvalue weighted by Gasteiger charge is 2.12. The van der Waals surface area contributed by atoms with Crippen LogP contribution in [0.4, 0.5) is 5.69 Å². The van der Waals surface area contributed by atoms with Crippen molar-refractivity contribution in [2.24, 2.45) is 5.92 Å². The Labute approximate surface area is 108 Å². The Morgan fingerprint density at radius 1 is 1.11 bits per heavy atom. The molecular weight excluding hydrogens is 220 g/mol. The quantitative estimate of drug-likeness (QED) is 0.860. The summed E-state index contributed by atoms with van der Waals surface area (Å²) < 4.78 is 0. The summed E-state index contributed by atoms with van der Waals surface area (Å²) in [5.74, 6) is 0.769. The van der Waals surface area contributed by atoms with Gasteiger partial charge in [0, 0.05) is 12.2 Å². The van der Waals surface area contributed by atoms with Gasteiger partial charge in [0.2, 0.25) is 0 Å². The SMILES string of the molecule is c1ccc2cc(NCC3CCCNC3)ccc2c1. The van der Waals surface area contributed by atoms with Gasteiger partial charge in [0.15, 0.2) is 0 Å². The minimum atomic E-state index is 0.769. The van der Waals surface area contributed by atoms with E-state index in [1.807, 2.05) is 0 Å². The smallest absolute Gasteiger partial charge is 0.0346 e. The number of fused-ring (bicyclic) bond motifs is 1. The summed E-state index contributed by atoms with van der Waals surface area (Å²) in [4.78, 5) is 0. The van der Waals surface area contributed by atoms with Crippen molar-refractivity contribution in [2.75, 3.05) is 25.0 Å². The van der Waals surface area contributed by atoms with E-state index >= 15 is 0 Å². The maximum Gasteiger partial charge on any atom is 0.0346 e. The molecule has 0 saturated carbocycles. The Morgan fingerprint density at radius 2 is 2.00 bits per heavy atom. The van der Waals surface area contributed by atoms with Gasteiger partial charge in [0.25, 0.3) is 0 Å². The first-order valence-corrected chi connectivity index (χ1v) is 6.85. The average molecular weight is 240 g/mol. The zero-order valence-electron chi connectivity index (χ0n) is 10.7. The largest absolute Gasteiger partial charge is 0.385 e. The molecule has 94 valence electrons. The van der Waals surface area contributed by atoms with Gasteiger partial charge in [-0.1, -0.05) is 30.3 Å². The van der Waals surface area contributed by atoms with Gasteiger partial charge < -0.3 is 10.6 Å². The van der Waals surface area contributed by atoms with Crippen LogP contribution in [0.3, 0.4) is 0 Å². The van der Waals surface area contributed by atoms with Gasteiger partial charge in [-0.3, -0.25) is 0 Å². The first kappa shape index (κ1) is 11.5. The van der Waals surface area contributed by atoms with Crippen LogP contribution in [-0.2, 0) is 0 Å². The molecule has 1 heterocycles. The number of piperidine rings is 1. The number of hydrogen-bond acceptors (Lipinski definition) is 2. The van der Waals surface area contributed by atoms with E-state index in [9.17, 15) is 0 Å². The third-order valence-electron chi connectivity index (χ3n) is 3.74. The Bertz CT molecular complexity index is 515. The van der Waals surface area contributed by atoms with E-state index < -0.39 is 0 Å². The fourth-order valence-corrected chi connectivity index (χ4v) is 2.66. The second-order valence-electron chi connectivity index (χ2n) is 5.16. The van der Waals surface area contributed by atoms with Crippen LogP contribution in [0.2, 0.25) is 0 Å². The number of hydrogen-bond donors (Lipinski definition) is 2. The van der Waals surface area contributed by atoms with Gasteiger partial charge in [-0.05, 0) is 54.8 Å². The van der Waals surface area contributed by atoms with Crippen molar-refractivity contribution in [1.29, 1.82) is 0 Å². The normalized spacial score (nSPS) is 19.9. The molecule has 1 aliphatic rings. The van der Waals surface area contributed by atoms with E-state index in [0.29, 0.717) is 0 Å². The lowest BCUT2D eigenvalue weighted by Crippen LogP contribution is -2.33. The van der Waals surface area contributed by atoms with E-state index in [1.54, 1.807) is 0 Å². The highest BCUT2D eigenvalue weighted by Crippen LogP contribution is 2.19. The fourth-order valence-electron chi connectivity index (χ4n) is 2.66. The van der Waals surface area contributed by atoms with E-state index in [2.05, 4.69) is 53.1 Å². The molecule has 0 bridgehead atoms. The molecular formula is C16H20N2. The van der Waals surface area contributed by atoms with Crippen molar-refractivity contribution in [2.45, 2.75) is 12.8 Å². The Kier molecular flexibility index (Phi) is 3.47. The van der Waals surface area contributed by atoms with E-state index in [0.717, 1.165) is 19.0 Å². The molecule has 1 saturated heterocycles. The molecule has 18 heavy (non-hydrogen) atoms. The predicted molar refractivity (Wildman–Crippen MR) is 78.0 cm³/mol. The molecule has 1 atom stereocenters. The third kappa shape index (κ3) is 2.65. The lowest BCUT2D eigenvalue weighted by Gasteiger charge is -2.23. The van der Waals surface area contributed by atoms with Gasteiger partial charge in [0.1, 0.15) is 0 Å². The molecule has 0 radical (unpaired) electrons. The van der Waals surface area contributed by atoms with Crippen LogP contribution in [0.25, 0.3) is 10.8 Å². The predicted octanol–water partition coefficient (Wildman–Crippen LogP) is 3.25. The molecule has 1 fully saturated rings. The second kappa shape index (κ2) is 5.40. The van der Waals surface area contributed by atoms with E-state index in [1.165, 1.54) is 35.8 Å². The molecule has 2 aromatic rings. The molecule has 1 aliphatic heterocycles. The van der Waals surface area contributed by atoms with Crippen LogP contribution in [0.5, 0.6) is 0 Å². The summed E-state index contributed by atoms with van der Waals surface area (Å²) in [6, 6.07) is 15.1. The van der Waals surface area contributed by atoms with Crippen LogP contribution < -0.4 is 10.6 Å². The molecule has 2 heteroatoms. The topological polar surface area (TPSA) is 24.1 Å². The van der Waals surface area contributed by atoms with E-state index in [4.69, 9.17) is 0 Å². The summed E-state index contributed by atoms with van der Waals surface area (Å²) in [6.07, 6.45) is 2.65. The summed E-state index contributed by atoms with van der Waals surface area (Å²) in [5.41, 5.74) is 1.24. The van der Waals surface area contributed by atoms with Gasteiger partial charge in [-0.15, -0.1) is 0 Å². The number of anilines is 1. The zero-order chi connectivity index (χ0) is 12.2. The van der Waals surface area contributed by atoms with Gasteiger partial charge in [-0.2, -0.15) is 0 Å². The van der Waals surface area contributed by atoms with Gasteiger partial charge in [-0.25, -0.2) is 0 Å². The first-order valence-electron chi connectivity index (χ1n) is 6.85. The molecule has 3 rings (SSSR count). The fraction of sp³-hybridized carbons (Fsp3) is 0.375. The minimum Gasteiger partial charge on any atom is -0.385 e. The molecule has 2 N–H and O–H groups in total.